The molecule has 364 valence electrons. The van der Waals surface area contributed by atoms with Gasteiger partial charge in [0, 0.05) is 19.3 Å². The molecule has 0 aliphatic rings. The minimum Gasteiger partial charge on any atom is -0.462 e. The van der Waals surface area contributed by atoms with Crippen molar-refractivity contribution in [2.75, 3.05) is 13.2 Å². The lowest BCUT2D eigenvalue weighted by Crippen LogP contribution is -2.30. The van der Waals surface area contributed by atoms with Gasteiger partial charge in [-0.1, -0.05) is 240 Å². The van der Waals surface area contributed by atoms with Crippen molar-refractivity contribution in [2.45, 2.75) is 239 Å². The molecule has 6 heteroatoms. The normalized spacial score (nSPS) is 12.9. The highest BCUT2D eigenvalue weighted by atomic mass is 16.6. The van der Waals surface area contributed by atoms with Gasteiger partial charge in [0.25, 0.3) is 0 Å². The molecule has 0 rings (SSSR count). The molecule has 0 spiro atoms. The molecule has 0 aromatic rings. The number of hydrogen-bond donors (Lipinski definition) is 0. The van der Waals surface area contributed by atoms with Crippen molar-refractivity contribution < 1.29 is 28.6 Å². The molecule has 1 unspecified atom stereocenters. The van der Waals surface area contributed by atoms with Crippen LogP contribution in [0.5, 0.6) is 0 Å². The maximum atomic E-state index is 12.8. The maximum Gasteiger partial charge on any atom is 0.306 e. The van der Waals surface area contributed by atoms with Crippen molar-refractivity contribution in [3.05, 3.63) is 97.2 Å². The van der Waals surface area contributed by atoms with E-state index in [9.17, 15) is 14.4 Å². The van der Waals surface area contributed by atoms with Crippen LogP contribution >= 0.6 is 0 Å². The molecule has 0 radical (unpaired) electrons. The van der Waals surface area contributed by atoms with E-state index in [1.54, 1.807) is 0 Å². The summed E-state index contributed by atoms with van der Waals surface area (Å²) in [7, 11) is 0. The number of rotatable bonds is 46. The van der Waals surface area contributed by atoms with Crippen molar-refractivity contribution in [3.63, 3.8) is 0 Å². The van der Waals surface area contributed by atoms with E-state index in [1.165, 1.54) is 89.9 Å². The number of carbonyl (C=O) groups is 3. The van der Waals surface area contributed by atoms with E-state index in [1.807, 2.05) is 24.3 Å². The zero-order valence-electron chi connectivity index (χ0n) is 41.5. The van der Waals surface area contributed by atoms with Crippen LogP contribution < -0.4 is 0 Å². The Morgan fingerprint density at radius 3 is 1.19 bits per heavy atom. The molecule has 0 N–H and O–H groups in total. The Hall–Kier alpha value is -3.67. The van der Waals surface area contributed by atoms with Crippen molar-refractivity contribution in [2.24, 2.45) is 0 Å². The van der Waals surface area contributed by atoms with Crippen LogP contribution in [-0.2, 0) is 28.6 Å². The summed E-state index contributed by atoms with van der Waals surface area (Å²) in [5.74, 6) is -0.965. The number of hydrogen-bond acceptors (Lipinski definition) is 6. The van der Waals surface area contributed by atoms with E-state index in [-0.39, 0.29) is 31.1 Å². The summed E-state index contributed by atoms with van der Waals surface area (Å²) in [6, 6.07) is 0. The fourth-order valence-corrected chi connectivity index (χ4v) is 7.02. The average Bonchev–Trinajstić information content (AvgIpc) is 3.29. The highest BCUT2D eigenvalue weighted by Gasteiger charge is 2.19. The molecule has 0 aliphatic carbocycles. The summed E-state index contributed by atoms with van der Waals surface area (Å²) in [5, 5.41) is 0. The van der Waals surface area contributed by atoms with Gasteiger partial charge in [0.1, 0.15) is 13.2 Å². The molecule has 0 aromatic heterocycles. The second-order valence-electron chi connectivity index (χ2n) is 17.2. The third-order valence-electron chi connectivity index (χ3n) is 10.9. The van der Waals surface area contributed by atoms with Crippen LogP contribution in [0.15, 0.2) is 97.2 Å². The minimum atomic E-state index is -0.802. The topological polar surface area (TPSA) is 78.9 Å². The fraction of sp³-hybridized carbons (Fsp3) is 0.672. The lowest BCUT2D eigenvalue weighted by atomic mass is 10.0. The van der Waals surface area contributed by atoms with Gasteiger partial charge in [0.05, 0.1) is 0 Å². The molecule has 0 heterocycles. The first-order valence-electron chi connectivity index (χ1n) is 26.3. The Kier molecular flexibility index (Phi) is 49.0. The van der Waals surface area contributed by atoms with Crippen LogP contribution in [0.3, 0.4) is 0 Å². The summed E-state index contributed by atoms with van der Waals surface area (Å²) in [6.07, 6.45) is 68.2. The Balaban J connectivity index is 4.46. The van der Waals surface area contributed by atoms with Gasteiger partial charge in [0.15, 0.2) is 6.10 Å². The second-order valence-corrected chi connectivity index (χ2v) is 17.2. The third kappa shape index (κ3) is 49.3. The quantitative estimate of drug-likeness (QED) is 0.0199. The van der Waals surface area contributed by atoms with Crippen LogP contribution in [0, 0.1) is 0 Å². The van der Waals surface area contributed by atoms with Gasteiger partial charge in [-0.05, 0) is 70.6 Å². The third-order valence-corrected chi connectivity index (χ3v) is 10.9. The van der Waals surface area contributed by atoms with E-state index in [0.717, 1.165) is 103 Å². The van der Waals surface area contributed by atoms with Crippen molar-refractivity contribution in [1.29, 1.82) is 0 Å². The standard InChI is InChI=1S/C58H96O6/c1-4-7-10-13-16-19-22-25-27-29-30-32-33-36-39-42-45-48-51-57(60)63-54-55(53-62-56(59)50-47-44-41-38-35-24-21-18-15-12-9-6-3)64-58(61)52-49-46-43-40-37-34-31-28-26-23-20-17-14-11-8-5-2/h9-10,12-13,16,18-19,21-22,25,27,29-30,32,35,38,55H,4-8,11,14-15,17,20,23-24,26,28,31,33-34,36-37,39-54H2,1-3H3/b12-9-,13-10-,19-16-,21-18-,25-22-,29-27-,32-30-,38-35-. The molecule has 0 amide bonds. The monoisotopic (exact) mass is 889 g/mol. The van der Waals surface area contributed by atoms with E-state index in [2.05, 4.69) is 93.7 Å². The van der Waals surface area contributed by atoms with Crippen LogP contribution in [0.2, 0.25) is 0 Å². The first-order chi connectivity index (χ1) is 31.5. The lowest BCUT2D eigenvalue weighted by Gasteiger charge is -2.18. The maximum absolute atomic E-state index is 12.8. The number of unbranched alkanes of at least 4 members (excludes halogenated alkanes) is 23. The Bertz CT molecular complexity index is 1300. The van der Waals surface area contributed by atoms with Gasteiger partial charge < -0.3 is 14.2 Å². The molecule has 0 bridgehead atoms. The highest BCUT2D eigenvalue weighted by Crippen LogP contribution is 2.15. The van der Waals surface area contributed by atoms with Crippen LogP contribution in [0.4, 0.5) is 0 Å². The summed E-state index contributed by atoms with van der Waals surface area (Å²) < 4.78 is 16.8. The molecule has 0 saturated carbocycles. The molecule has 1 atom stereocenters. The summed E-state index contributed by atoms with van der Waals surface area (Å²) in [6.45, 7) is 6.38. The average molecular weight is 889 g/mol. The molecular weight excluding hydrogens is 793 g/mol. The lowest BCUT2D eigenvalue weighted by molar-refractivity contribution is -0.167. The number of allylic oxidation sites excluding steroid dienone is 16. The smallest absolute Gasteiger partial charge is 0.306 e. The van der Waals surface area contributed by atoms with Gasteiger partial charge in [0.2, 0.25) is 0 Å². The highest BCUT2D eigenvalue weighted by molar-refractivity contribution is 5.71. The fourth-order valence-electron chi connectivity index (χ4n) is 7.02. The molecule has 0 fully saturated rings. The van der Waals surface area contributed by atoms with E-state index in [0.29, 0.717) is 19.3 Å². The molecule has 0 saturated heterocycles. The number of carbonyl (C=O) groups excluding carboxylic acids is 3. The second kappa shape index (κ2) is 52.0. The minimum absolute atomic E-state index is 0.103. The molecular formula is C58H96O6. The molecule has 64 heavy (non-hydrogen) atoms. The van der Waals surface area contributed by atoms with Gasteiger partial charge in [-0.2, -0.15) is 0 Å². The Morgan fingerprint density at radius 2 is 0.703 bits per heavy atom. The first-order valence-corrected chi connectivity index (χ1v) is 26.3. The molecule has 0 aliphatic heterocycles. The largest absolute Gasteiger partial charge is 0.462 e. The van der Waals surface area contributed by atoms with Crippen molar-refractivity contribution >= 4 is 17.9 Å². The number of ether oxygens (including phenoxy) is 3. The Labute approximate surface area is 394 Å². The summed E-state index contributed by atoms with van der Waals surface area (Å²) >= 11 is 0. The molecule has 0 aromatic carbocycles. The van der Waals surface area contributed by atoms with E-state index < -0.39 is 6.10 Å². The summed E-state index contributed by atoms with van der Waals surface area (Å²) in [4.78, 5) is 38.0. The SMILES string of the molecule is CC/C=C\C/C=C\C/C=C\CCCCC(=O)OCC(COC(=O)CCCCCCC\C=C/C=C\C=C/C=C\C=C/CCC)OC(=O)CCCCCCCCCCCCCCCCCC. The van der Waals surface area contributed by atoms with Crippen molar-refractivity contribution in [3.8, 4) is 0 Å². The zero-order valence-corrected chi connectivity index (χ0v) is 41.5. The van der Waals surface area contributed by atoms with E-state index >= 15 is 0 Å². The summed E-state index contributed by atoms with van der Waals surface area (Å²) in [5.41, 5.74) is 0. The van der Waals surface area contributed by atoms with Gasteiger partial charge >= 0.3 is 17.9 Å². The van der Waals surface area contributed by atoms with Gasteiger partial charge in [-0.3, -0.25) is 14.4 Å². The molecule has 6 nitrogen and oxygen atoms in total. The predicted octanol–water partition coefficient (Wildman–Crippen LogP) is 17.4. The predicted molar refractivity (Wildman–Crippen MR) is 274 cm³/mol. The van der Waals surface area contributed by atoms with Crippen LogP contribution in [0.1, 0.15) is 233 Å². The van der Waals surface area contributed by atoms with Gasteiger partial charge in [-0.15, -0.1) is 0 Å². The number of esters is 3. The van der Waals surface area contributed by atoms with Crippen LogP contribution in [0.25, 0.3) is 0 Å². The zero-order chi connectivity index (χ0) is 46.5. The van der Waals surface area contributed by atoms with Crippen LogP contribution in [-0.4, -0.2) is 37.2 Å². The first kappa shape index (κ1) is 60.3. The van der Waals surface area contributed by atoms with E-state index in [4.69, 9.17) is 14.2 Å². The van der Waals surface area contributed by atoms with Crippen molar-refractivity contribution in [1.82, 2.24) is 0 Å². The van der Waals surface area contributed by atoms with Gasteiger partial charge in [-0.25, -0.2) is 0 Å². The Morgan fingerprint density at radius 1 is 0.344 bits per heavy atom.